The van der Waals surface area contributed by atoms with Crippen molar-refractivity contribution in [1.82, 2.24) is 9.80 Å². The summed E-state index contributed by atoms with van der Waals surface area (Å²) in [5.41, 5.74) is 0.456. The van der Waals surface area contributed by atoms with Crippen LogP contribution in [-0.4, -0.2) is 80.5 Å². The summed E-state index contributed by atoms with van der Waals surface area (Å²) in [5.74, 6) is 1.61. The van der Waals surface area contributed by atoms with Crippen molar-refractivity contribution < 1.29 is 33.3 Å². The Labute approximate surface area is 185 Å². The molecule has 0 radical (unpaired) electrons. The van der Waals surface area contributed by atoms with E-state index in [9.17, 15) is 14.4 Å². The number of aldehydes is 1. The van der Waals surface area contributed by atoms with Crippen LogP contribution in [0.25, 0.3) is 0 Å². The summed E-state index contributed by atoms with van der Waals surface area (Å²) in [6.07, 6.45) is 0.0128. The molecule has 2 aliphatic rings. The Balaban J connectivity index is 1.27. The van der Waals surface area contributed by atoms with Crippen LogP contribution in [0.15, 0.2) is 42.5 Å². The predicted octanol–water partition coefficient (Wildman–Crippen LogP) is 1.40. The fraction of sp³-hybridized carbons (Fsp3) is 0.348. The molecule has 1 atom stereocenters. The minimum Gasteiger partial charge on any atom is -0.493 e. The maximum absolute atomic E-state index is 12.8. The first-order valence-corrected chi connectivity index (χ1v) is 10.3. The molecule has 168 valence electrons. The second-order valence-electron chi connectivity index (χ2n) is 7.39. The molecule has 1 fully saturated rings. The van der Waals surface area contributed by atoms with E-state index in [0.29, 0.717) is 61.0 Å². The number of fused-ring (bicyclic) bond motifs is 1. The van der Waals surface area contributed by atoms with Crippen molar-refractivity contribution in [2.24, 2.45) is 0 Å². The van der Waals surface area contributed by atoms with E-state index >= 15 is 0 Å². The lowest BCUT2D eigenvalue weighted by Crippen LogP contribution is -2.55. The number of hydrogen-bond acceptors (Lipinski definition) is 7. The number of benzene rings is 2. The Hall–Kier alpha value is -3.75. The first-order valence-electron chi connectivity index (χ1n) is 10.3. The number of methoxy groups -OCH3 is 1. The number of ether oxygens (including phenoxy) is 4. The third-order valence-electron chi connectivity index (χ3n) is 5.40. The summed E-state index contributed by atoms with van der Waals surface area (Å²) in [6.45, 7) is 1.61. The van der Waals surface area contributed by atoms with Crippen molar-refractivity contribution >= 4 is 18.1 Å². The number of hydrogen-bond donors (Lipinski definition) is 0. The summed E-state index contributed by atoms with van der Waals surface area (Å²) < 4.78 is 22.2. The molecule has 1 saturated heterocycles. The van der Waals surface area contributed by atoms with Gasteiger partial charge in [-0.2, -0.15) is 0 Å². The number of rotatable bonds is 6. The molecular weight excluding hydrogens is 416 g/mol. The van der Waals surface area contributed by atoms with Crippen LogP contribution < -0.4 is 18.9 Å². The summed E-state index contributed by atoms with van der Waals surface area (Å²) in [6, 6.07) is 12.0. The second kappa shape index (κ2) is 9.59. The van der Waals surface area contributed by atoms with Crippen molar-refractivity contribution in [2.45, 2.75) is 6.10 Å². The molecule has 1 unspecified atom stereocenters. The summed E-state index contributed by atoms with van der Waals surface area (Å²) >= 11 is 0. The van der Waals surface area contributed by atoms with E-state index in [0.717, 1.165) is 0 Å². The van der Waals surface area contributed by atoms with Gasteiger partial charge in [-0.1, -0.05) is 12.1 Å². The van der Waals surface area contributed by atoms with Crippen molar-refractivity contribution in [2.75, 3.05) is 46.5 Å². The second-order valence-corrected chi connectivity index (χ2v) is 7.39. The van der Waals surface area contributed by atoms with E-state index in [2.05, 4.69) is 0 Å². The van der Waals surface area contributed by atoms with E-state index in [1.165, 1.54) is 7.11 Å². The number of amides is 2. The molecule has 2 amide bonds. The molecule has 0 bridgehead atoms. The molecule has 0 spiro atoms. The average molecular weight is 440 g/mol. The molecule has 2 heterocycles. The van der Waals surface area contributed by atoms with Gasteiger partial charge >= 0.3 is 0 Å². The standard InChI is InChI=1S/C23H24N2O7/c1-29-20-12-16(13-26)6-7-18(20)31-15-22(27)24-8-10-25(11-9-24)23(28)21-14-30-17-4-2-3-5-19(17)32-21/h2-7,12-13,21H,8-11,14-15H2,1H3. The monoisotopic (exact) mass is 440 g/mol. The van der Waals surface area contributed by atoms with Crippen molar-refractivity contribution in [3.05, 3.63) is 48.0 Å². The molecule has 2 aromatic carbocycles. The van der Waals surface area contributed by atoms with Crippen LogP contribution in [0, 0.1) is 0 Å². The van der Waals surface area contributed by atoms with Gasteiger partial charge < -0.3 is 28.7 Å². The fourth-order valence-corrected chi connectivity index (χ4v) is 3.63. The summed E-state index contributed by atoms with van der Waals surface area (Å²) in [4.78, 5) is 39.6. The zero-order chi connectivity index (χ0) is 22.5. The van der Waals surface area contributed by atoms with Crippen LogP contribution in [-0.2, 0) is 9.59 Å². The lowest BCUT2D eigenvalue weighted by molar-refractivity contribution is -0.146. The number of carbonyl (C=O) groups excluding carboxylic acids is 3. The van der Waals surface area contributed by atoms with E-state index in [1.807, 2.05) is 12.1 Å². The van der Waals surface area contributed by atoms with Gasteiger partial charge in [0.15, 0.2) is 29.6 Å². The van der Waals surface area contributed by atoms with E-state index in [1.54, 1.807) is 40.1 Å². The van der Waals surface area contributed by atoms with Crippen molar-refractivity contribution in [1.29, 1.82) is 0 Å². The van der Waals surface area contributed by atoms with Gasteiger partial charge in [-0.05, 0) is 30.3 Å². The molecule has 32 heavy (non-hydrogen) atoms. The zero-order valence-corrected chi connectivity index (χ0v) is 17.7. The highest BCUT2D eigenvalue weighted by Gasteiger charge is 2.33. The quantitative estimate of drug-likeness (QED) is 0.627. The molecule has 0 aliphatic carbocycles. The maximum Gasteiger partial charge on any atom is 0.267 e. The number of carbonyl (C=O) groups is 3. The van der Waals surface area contributed by atoms with Gasteiger partial charge in [0.05, 0.1) is 7.11 Å². The highest BCUT2D eigenvalue weighted by molar-refractivity contribution is 5.83. The van der Waals surface area contributed by atoms with Crippen LogP contribution >= 0.6 is 0 Å². The number of piperazine rings is 1. The first kappa shape index (κ1) is 21.5. The topological polar surface area (TPSA) is 94.6 Å². The molecule has 4 rings (SSSR count). The first-order chi connectivity index (χ1) is 15.6. The van der Waals surface area contributed by atoms with Gasteiger partial charge in [0.1, 0.15) is 12.9 Å². The summed E-state index contributed by atoms with van der Waals surface area (Å²) in [5, 5.41) is 0. The molecule has 2 aromatic rings. The highest BCUT2D eigenvalue weighted by atomic mass is 16.6. The molecule has 0 saturated carbocycles. The Bertz CT molecular complexity index is 1000. The minimum atomic E-state index is -0.697. The third-order valence-corrected chi connectivity index (χ3v) is 5.40. The van der Waals surface area contributed by atoms with Gasteiger partial charge in [0.2, 0.25) is 6.10 Å². The zero-order valence-electron chi connectivity index (χ0n) is 17.7. The Morgan fingerprint density at radius 1 is 1.03 bits per heavy atom. The maximum atomic E-state index is 12.8. The van der Waals surface area contributed by atoms with Gasteiger partial charge in [-0.15, -0.1) is 0 Å². The van der Waals surface area contributed by atoms with E-state index < -0.39 is 6.10 Å². The average Bonchev–Trinajstić information content (AvgIpc) is 2.86. The van der Waals surface area contributed by atoms with Crippen molar-refractivity contribution in [3.63, 3.8) is 0 Å². The normalized spacial score (nSPS) is 17.5. The van der Waals surface area contributed by atoms with Gasteiger partial charge in [0.25, 0.3) is 11.8 Å². The van der Waals surface area contributed by atoms with Crippen LogP contribution in [0.5, 0.6) is 23.0 Å². The molecule has 2 aliphatic heterocycles. The van der Waals surface area contributed by atoms with Crippen LogP contribution in [0.4, 0.5) is 0 Å². The lowest BCUT2D eigenvalue weighted by Gasteiger charge is -2.37. The smallest absolute Gasteiger partial charge is 0.267 e. The lowest BCUT2D eigenvalue weighted by atomic mass is 10.2. The van der Waals surface area contributed by atoms with E-state index in [-0.39, 0.29) is 25.0 Å². The molecule has 0 N–H and O–H groups in total. The molecule has 9 nitrogen and oxygen atoms in total. The number of nitrogens with zero attached hydrogens (tertiary/aromatic N) is 2. The Morgan fingerprint density at radius 3 is 2.47 bits per heavy atom. The van der Waals surface area contributed by atoms with Crippen LogP contribution in [0.3, 0.4) is 0 Å². The summed E-state index contributed by atoms with van der Waals surface area (Å²) in [7, 11) is 1.47. The Kier molecular flexibility index (Phi) is 6.44. The van der Waals surface area contributed by atoms with E-state index in [4.69, 9.17) is 18.9 Å². The minimum absolute atomic E-state index is 0.150. The molecular formula is C23H24N2O7. The molecule has 9 heteroatoms. The molecule has 0 aromatic heterocycles. The fourth-order valence-electron chi connectivity index (χ4n) is 3.63. The third kappa shape index (κ3) is 4.61. The van der Waals surface area contributed by atoms with Crippen LogP contribution in [0.2, 0.25) is 0 Å². The van der Waals surface area contributed by atoms with Gasteiger partial charge in [-0.3, -0.25) is 14.4 Å². The Morgan fingerprint density at radius 2 is 1.75 bits per heavy atom. The van der Waals surface area contributed by atoms with Crippen molar-refractivity contribution in [3.8, 4) is 23.0 Å². The largest absolute Gasteiger partial charge is 0.493 e. The predicted molar refractivity (Wildman–Crippen MR) is 113 cm³/mol. The number of para-hydroxylation sites is 2. The highest BCUT2D eigenvalue weighted by Crippen LogP contribution is 2.31. The SMILES string of the molecule is COc1cc(C=O)ccc1OCC(=O)N1CCN(C(=O)C2COc3ccccc3O2)CC1. The van der Waals surface area contributed by atoms with Crippen LogP contribution in [0.1, 0.15) is 10.4 Å². The van der Waals surface area contributed by atoms with Gasteiger partial charge in [0, 0.05) is 31.7 Å². The van der Waals surface area contributed by atoms with Gasteiger partial charge in [-0.25, -0.2) is 0 Å².